The van der Waals surface area contributed by atoms with Crippen molar-refractivity contribution in [3.05, 3.63) is 35.7 Å². The smallest absolute Gasteiger partial charge is 0.230 e. The van der Waals surface area contributed by atoms with Gasteiger partial charge in [-0.05, 0) is 38.3 Å². The minimum atomic E-state index is 0.0789. The zero-order chi connectivity index (χ0) is 19.1. The van der Waals surface area contributed by atoms with Gasteiger partial charge in [0.1, 0.15) is 12.4 Å². The molecule has 1 fully saturated rings. The first kappa shape index (κ1) is 19.7. The van der Waals surface area contributed by atoms with Gasteiger partial charge in [0, 0.05) is 12.6 Å². The van der Waals surface area contributed by atoms with Gasteiger partial charge < -0.3 is 14.6 Å². The number of thioether (sulfide) groups is 1. The Kier molecular flexibility index (Phi) is 7.15. The second-order valence-electron chi connectivity index (χ2n) is 6.89. The lowest BCUT2D eigenvalue weighted by Crippen LogP contribution is -2.37. The van der Waals surface area contributed by atoms with Gasteiger partial charge in [-0.3, -0.25) is 4.79 Å². The Morgan fingerprint density at radius 1 is 1.26 bits per heavy atom. The zero-order valence-corrected chi connectivity index (χ0v) is 16.9. The van der Waals surface area contributed by atoms with E-state index in [9.17, 15) is 4.79 Å². The van der Waals surface area contributed by atoms with E-state index in [-0.39, 0.29) is 5.91 Å². The first-order chi connectivity index (χ1) is 13.2. The van der Waals surface area contributed by atoms with E-state index in [0.717, 1.165) is 41.7 Å². The maximum Gasteiger partial charge on any atom is 0.230 e. The lowest BCUT2D eigenvalue weighted by molar-refractivity contribution is -0.119. The number of benzene rings is 1. The summed E-state index contributed by atoms with van der Waals surface area (Å²) in [5, 5.41) is 12.4. The van der Waals surface area contributed by atoms with E-state index in [1.165, 1.54) is 31.0 Å². The molecule has 0 aliphatic heterocycles. The highest BCUT2D eigenvalue weighted by Gasteiger charge is 2.17. The van der Waals surface area contributed by atoms with E-state index >= 15 is 0 Å². The number of hydrogen-bond acceptors (Lipinski definition) is 5. The molecule has 2 aromatic rings. The van der Waals surface area contributed by atoms with Crippen molar-refractivity contribution in [3.8, 4) is 5.75 Å². The number of amides is 1. The van der Waals surface area contributed by atoms with Gasteiger partial charge in [0.2, 0.25) is 5.91 Å². The summed E-state index contributed by atoms with van der Waals surface area (Å²) in [6, 6.07) is 8.26. The minimum Gasteiger partial charge on any atom is -0.485 e. The number of nitrogens with one attached hydrogen (secondary N) is 1. The number of carbonyl (C=O) groups is 1. The minimum absolute atomic E-state index is 0.0789. The van der Waals surface area contributed by atoms with Crippen LogP contribution in [-0.4, -0.2) is 32.5 Å². The zero-order valence-electron chi connectivity index (χ0n) is 16.1. The maximum absolute atomic E-state index is 12.2. The average molecular weight is 389 g/mol. The summed E-state index contributed by atoms with van der Waals surface area (Å²) in [5.74, 6) is 2.07. The number of aromatic nitrogens is 3. The van der Waals surface area contributed by atoms with Crippen LogP contribution in [0.2, 0.25) is 0 Å². The first-order valence-corrected chi connectivity index (χ1v) is 10.7. The number of carbonyl (C=O) groups excluding carboxylic acids is 1. The highest BCUT2D eigenvalue weighted by atomic mass is 32.2. The number of ether oxygens (including phenoxy) is 1. The number of para-hydroxylation sites is 1. The van der Waals surface area contributed by atoms with E-state index in [1.807, 2.05) is 42.7 Å². The van der Waals surface area contributed by atoms with Crippen LogP contribution in [0.15, 0.2) is 29.4 Å². The summed E-state index contributed by atoms with van der Waals surface area (Å²) in [7, 11) is 0. The predicted molar refractivity (Wildman–Crippen MR) is 107 cm³/mol. The average Bonchev–Trinajstić information content (AvgIpc) is 3.08. The van der Waals surface area contributed by atoms with Gasteiger partial charge in [0.15, 0.2) is 11.0 Å². The molecule has 1 saturated carbocycles. The number of nitrogens with zero attached hydrogens (tertiary/aromatic N) is 3. The Labute approximate surface area is 165 Å². The van der Waals surface area contributed by atoms with Crippen molar-refractivity contribution in [3.63, 3.8) is 0 Å². The van der Waals surface area contributed by atoms with E-state index in [1.54, 1.807) is 0 Å². The largest absolute Gasteiger partial charge is 0.485 e. The van der Waals surface area contributed by atoms with Crippen molar-refractivity contribution in [1.82, 2.24) is 20.1 Å². The summed E-state index contributed by atoms with van der Waals surface area (Å²) in [6.45, 7) is 5.17. The Morgan fingerprint density at radius 3 is 2.78 bits per heavy atom. The molecule has 0 bridgehead atoms. The molecule has 0 atom stereocenters. The van der Waals surface area contributed by atoms with Gasteiger partial charge in [-0.15, -0.1) is 10.2 Å². The van der Waals surface area contributed by atoms with E-state index in [2.05, 4.69) is 15.5 Å². The second-order valence-corrected chi connectivity index (χ2v) is 7.83. The number of aryl methyl sites for hydroxylation is 1. The van der Waals surface area contributed by atoms with Crippen molar-refractivity contribution in [1.29, 1.82) is 0 Å². The molecular weight excluding hydrogens is 360 g/mol. The molecule has 1 aromatic heterocycles. The van der Waals surface area contributed by atoms with Crippen LogP contribution in [0.1, 0.15) is 50.4 Å². The molecule has 146 valence electrons. The Morgan fingerprint density at radius 2 is 2.04 bits per heavy atom. The molecule has 0 unspecified atom stereocenters. The standard InChI is InChI=1S/C20H28N4O2S/c1-3-24-18(13-26-17-12-8-7-9-15(17)2)22-23-20(24)27-14-19(25)21-16-10-5-4-6-11-16/h7-9,12,16H,3-6,10-11,13-14H2,1-2H3,(H,21,25). The summed E-state index contributed by atoms with van der Waals surface area (Å²) in [6.07, 6.45) is 5.91. The van der Waals surface area contributed by atoms with Crippen molar-refractivity contribution in [2.45, 2.75) is 70.3 Å². The van der Waals surface area contributed by atoms with Crippen molar-refractivity contribution < 1.29 is 9.53 Å². The molecule has 0 spiro atoms. The molecule has 1 aliphatic rings. The fraction of sp³-hybridized carbons (Fsp3) is 0.550. The fourth-order valence-electron chi connectivity index (χ4n) is 3.36. The van der Waals surface area contributed by atoms with Crippen LogP contribution < -0.4 is 10.1 Å². The van der Waals surface area contributed by atoms with Crippen molar-refractivity contribution in [2.24, 2.45) is 0 Å². The summed E-state index contributed by atoms with van der Waals surface area (Å²) in [5.41, 5.74) is 1.09. The second kappa shape index (κ2) is 9.78. The van der Waals surface area contributed by atoms with Crippen LogP contribution in [0, 0.1) is 6.92 Å². The maximum atomic E-state index is 12.2. The molecule has 1 N–H and O–H groups in total. The monoisotopic (exact) mass is 388 g/mol. The van der Waals surface area contributed by atoms with Gasteiger partial charge in [-0.25, -0.2) is 0 Å². The molecule has 1 aliphatic carbocycles. The molecule has 6 nitrogen and oxygen atoms in total. The Bertz CT molecular complexity index is 756. The van der Waals surface area contributed by atoms with Crippen LogP contribution in [0.4, 0.5) is 0 Å². The van der Waals surface area contributed by atoms with E-state index in [0.29, 0.717) is 18.4 Å². The van der Waals surface area contributed by atoms with Crippen molar-refractivity contribution in [2.75, 3.05) is 5.75 Å². The quantitative estimate of drug-likeness (QED) is 0.698. The molecular formula is C20H28N4O2S. The third kappa shape index (κ3) is 5.48. The first-order valence-electron chi connectivity index (χ1n) is 9.70. The van der Waals surface area contributed by atoms with Gasteiger partial charge in [-0.2, -0.15) is 0 Å². The van der Waals surface area contributed by atoms with Crippen LogP contribution in [-0.2, 0) is 17.9 Å². The molecule has 3 rings (SSSR count). The predicted octanol–water partition coefficient (Wildman–Crippen LogP) is 3.73. The highest BCUT2D eigenvalue weighted by Crippen LogP contribution is 2.21. The topological polar surface area (TPSA) is 69.0 Å². The SMILES string of the molecule is CCn1c(COc2ccccc2C)nnc1SCC(=O)NC1CCCCC1. The van der Waals surface area contributed by atoms with Gasteiger partial charge >= 0.3 is 0 Å². The lowest BCUT2D eigenvalue weighted by atomic mass is 9.95. The van der Waals surface area contributed by atoms with Crippen molar-refractivity contribution >= 4 is 17.7 Å². The molecule has 1 amide bonds. The molecule has 1 aromatic carbocycles. The van der Waals surface area contributed by atoms with E-state index < -0.39 is 0 Å². The molecule has 0 saturated heterocycles. The summed E-state index contributed by atoms with van der Waals surface area (Å²) >= 11 is 1.44. The number of rotatable bonds is 8. The Hall–Kier alpha value is -2.02. The van der Waals surface area contributed by atoms with Gasteiger partial charge in [-0.1, -0.05) is 49.2 Å². The summed E-state index contributed by atoms with van der Waals surface area (Å²) < 4.78 is 7.90. The van der Waals surface area contributed by atoms with Crippen LogP contribution >= 0.6 is 11.8 Å². The third-order valence-corrected chi connectivity index (χ3v) is 5.83. The molecule has 27 heavy (non-hydrogen) atoms. The lowest BCUT2D eigenvalue weighted by Gasteiger charge is -2.22. The van der Waals surface area contributed by atoms with Crippen LogP contribution in [0.3, 0.4) is 0 Å². The third-order valence-electron chi connectivity index (χ3n) is 4.86. The number of hydrogen-bond donors (Lipinski definition) is 1. The Balaban J connectivity index is 1.53. The summed E-state index contributed by atoms with van der Waals surface area (Å²) in [4.78, 5) is 12.2. The normalized spacial score (nSPS) is 14.9. The van der Waals surface area contributed by atoms with Gasteiger partial charge in [0.05, 0.1) is 5.75 Å². The highest BCUT2D eigenvalue weighted by molar-refractivity contribution is 7.99. The fourth-order valence-corrected chi connectivity index (χ4v) is 4.19. The van der Waals surface area contributed by atoms with E-state index in [4.69, 9.17) is 4.74 Å². The van der Waals surface area contributed by atoms with Crippen LogP contribution in [0.25, 0.3) is 0 Å². The van der Waals surface area contributed by atoms with Gasteiger partial charge in [0.25, 0.3) is 0 Å². The molecule has 7 heteroatoms. The molecule has 0 radical (unpaired) electrons. The van der Waals surface area contributed by atoms with Crippen LogP contribution in [0.5, 0.6) is 5.75 Å². The molecule has 1 heterocycles.